The van der Waals surface area contributed by atoms with Crippen molar-refractivity contribution in [2.75, 3.05) is 13.1 Å². The first-order valence-corrected chi connectivity index (χ1v) is 8.26. The summed E-state index contributed by atoms with van der Waals surface area (Å²) in [5.41, 5.74) is 0.626. The Kier molecular flexibility index (Phi) is 4.29. The second-order valence-corrected chi connectivity index (χ2v) is 6.48. The largest absolute Gasteiger partial charge is 0.490 e. The molecule has 3 nitrogen and oxygen atoms in total. The fourth-order valence-electron chi connectivity index (χ4n) is 3.34. The van der Waals surface area contributed by atoms with Gasteiger partial charge >= 0.3 is 0 Å². The van der Waals surface area contributed by atoms with Crippen LogP contribution in [0.15, 0.2) is 24.3 Å². The Bertz CT molecular complexity index is 479. The SMILES string of the molecule is CCCC1(C(=O)c2ccc(OC3CC3)cc2)CCCNC1. The number of ketones is 1. The van der Waals surface area contributed by atoms with Gasteiger partial charge < -0.3 is 10.1 Å². The number of piperidine rings is 1. The van der Waals surface area contributed by atoms with E-state index in [-0.39, 0.29) is 5.41 Å². The molecule has 0 aromatic heterocycles. The molecule has 0 bridgehead atoms. The predicted molar refractivity (Wildman–Crippen MR) is 83.9 cm³/mol. The van der Waals surface area contributed by atoms with Crippen molar-refractivity contribution >= 4 is 5.78 Å². The highest BCUT2D eigenvalue weighted by atomic mass is 16.5. The molecule has 1 saturated heterocycles. The summed E-state index contributed by atoms with van der Waals surface area (Å²) in [6.07, 6.45) is 6.84. The van der Waals surface area contributed by atoms with Gasteiger partial charge in [0.25, 0.3) is 0 Å². The molecule has 3 heteroatoms. The van der Waals surface area contributed by atoms with E-state index < -0.39 is 0 Å². The smallest absolute Gasteiger partial charge is 0.170 e. The minimum atomic E-state index is -0.203. The maximum absolute atomic E-state index is 13.0. The summed E-state index contributed by atoms with van der Waals surface area (Å²) in [4.78, 5) is 13.0. The van der Waals surface area contributed by atoms with Gasteiger partial charge in [-0.3, -0.25) is 4.79 Å². The fraction of sp³-hybridized carbons (Fsp3) is 0.611. The first-order chi connectivity index (χ1) is 10.2. The van der Waals surface area contributed by atoms with Crippen LogP contribution in [0.5, 0.6) is 5.75 Å². The van der Waals surface area contributed by atoms with Gasteiger partial charge in [-0.2, -0.15) is 0 Å². The molecule has 3 rings (SSSR count). The standard InChI is InChI=1S/C18H25NO2/c1-2-10-18(11-3-12-19-13-18)17(20)14-4-6-15(7-5-14)21-16-8-9-16/h4-7,16,19H,2-3,8-13H2,1H3. The number of nitrogens with one attached hydrogen (secondary N) is 1. The molecule has 1 aromatic carbocycles. The Balaban J connectivity index is 1.74. The van der Waals surface area contributed by atoms with Gasteiger partial charge in [0.1, 0.15) is 5.75 Å². The lowest BCUT2D eigenvalue weighted by Gasteiger charge is -2.36. The fourth-order valence-corrected chi connectivity index (χ4v) is 3.34. The number of rotatable bonds is 6. The van der Waals surface area contributed by atoms with Crippen LogP contribution in [0.4, 0.5) is 0 Å². The molecule has 1 aliphatic carbocycles. The van der Waals surface area contributed by atoms with Gasteiger partial charge in [0.05, 0.1) is 6.10 Å². The van der Waals surface area contributed by atoms with Crippen molar-refractivity contribution in [1.82, 2.24) is 5.32 Å². The van der Waals surface area contributed by atoms with E-state index >= 15 is 0 Å². The maximum atomic E-state index is 13.0. The molecular formula is C18H25NO2. The average Bonchev–Trinajstić information content (AvgIpc) is 3.33. The van der Waals surface area contributed by atoms with Crippen molar-refractivity contribution in [2.24, 2.45) is 5.41 Å². The molecule has 0 amide bonds. The van der Waals surface area contributed by atoms with E-state index in [1.165, 1.54) is 0 Å². The maximum Gasteiger partial charge on any atom is 0.170 e. The first kappa shape index (κ1) is 14.6. The molecule has 1 heterocycles. The third kappa shape index (κ3) is 3.29. The monoisotopic (exact) mass is 287 g/mol. The zero-order valence-corrected chi connectivity index (χ0v) is 12.9. The van der Waals surface area contributed by atoms with Crippen LogP contribution in [0.2, 0.25) is 0 Å². The molecule has 1 N–H and O–H groups in total. The third-order valence-electron chi connectivity index (χ3n) is 4.63. The van der Waals surface area contributed by atoms with Crippen LogP contribution in [0.1, 0.15) is 55.8 Å². The first-order valence-electron chi connectivity index (χ1n) is 8.26. The Morgan fingerprint density at radius 3 is 2.67 bits per heavy atom. The van der Waals surface area contributed by atoms with Crippen molar-refractivity contribution in [2.45, 2.75) is 51.6 Å². The van der Waals surface area contributed by atoms with E-state index in [2.05, 4.69) is 12.2 Å². The van der Waals surface area contributed by atoms with Gasteiger partial charge in [-0.25, -0.2) is 0 Å². The van der Waals surface area contributed by atoms with Gasteiger partial charge in [0, 0.05) is 17.5 Å². The van der Waals surface area contributed by atoms with Crippen molar-refractivity contribution < 1.29 is 9.53 Å². The van der Waals surface area contributed by atoms with Gasteiger partial charge in [-0.1, -0.05) is 13.3 Å². The van der Waals surface area contributed by atoms with Gasteiger partial charge in [-0.05, 0) is 62.9 Å². The predicted octanol–water partition coefficient (Wildman–Crippen LogP) is 3.58. The molecule has 1 unspecified atom stereocenters. The van der Waals surface area contributed by atoms with Crippen LogP contribution in [0.3, 0.4) is 0 Å². The Labute approximate surface area is 127 Å². The van der Waals surface area contributed by atoms with Gasteiger partial charge in [-0.15, -0.1) is 0 Å². The van der Waals surface area contributed by atoms with Crippen LogP contribution in [-0.4, -0.2) is 25.0 Å². The van der Waals surface area contributed by atoms with Crippen molar-refractivity contribution in [3.8, 4) is 5.75 Å². The van der Waals surface area contributed by atoms with Crippen LogP contribution in [-0.2, 0) is 0 Å². The molecule has 0 spiro atoms. The van der Waals surface area contributed by atoms with E-state index in [0.29, 0.717) is 11.9 Å². The van der Waals surface area contributed by atoms with Crippen molar-refractivity contribution in [3.63, 3.8) is 0 Å². The molecule has 1 aromatic rings. The number of carbonyl (C=O) groups excluding carboxylic acids is 1. The molecule has 2 fully saturated rings. The number of ether oxygens (including phenoxy) is 1. The lowest BCUT2D eigenvalue weighted by Crippen LogP contribution is -2.45. The lowest BCUT2D eigenvalue weighted by atomic mass is 9.71. The lowest BCUT2D eigenvalue weighted by molar-refractivity contribution is 0.0718. The zero-order valence-electron chi connectivity index (χ0n) is 12.9. The Hall–Kier alpha value is -1.35. The van der Waals surface area contributed by atoms with Gasteiger partial charge in [0.2, 0.25) is 0 Å². The quantitative estimate of drug-likeness (QED) is 0.813. The van der Waals surface area contributed by atoms with Crippen LogP contribution >= 0.6 is 0 Å². The second-order valence-electron chi connectivity index (χ2n) is 6.48. The van der Waals surface area contributed by atoms with E-state index in [9.17, 15) is 4.79 Å². The molecular weight excluding hydrogens is 262 g/mol. The van der Waals surface area contributed by atoms with Crippen LogP contribution in [0.25, 0.3) is 0 Å². The molecule has 0 radical (unpaired) electrons. The highest BCUT2D eigenvalue weighted by Gasteiger charge is 2.38. The molecule has 1 saturated carbocycles. The van der Waals surface area contributed by atoms with E-state index in [1.807, 2.05) is 24.3 Å². The van der Waals surface area contributed by atoms with Gasteiger partial charge in [0.15, 0.2) is 5.78 Å². The highest BCUT2D eigenvalue weighted by molar-refractivity contribution is 6.00. The topological polar surface area (TPSA) is 38.3 Å². The number of hydrogen-bond acceptors (Lipinski definition) is 3. The number of Topliss-reactive ketones (excluding diaryl/α,β-unsaturated/α-hetero) is 1. The number of benzene rings is 1. The van der Waals surface area contributed by atoms with E-state index in [0.717, 1.165) is 62.9 Å². The zero-order chi connectivity index (χ0) is 14.7. The normalized spacial score (nSPS) is 25.6. The molecule has 2 aliphatic rings. The summed E-state index contributed by atoms with van der Waals surface area (Å²) < 4.78 is 5.75. The van der Waals surface area contributed by atoms with Crippen molar-refractivity contribution in [3.05, 3.63) is 29.8 Å². The summed E-state index contributed by atoms with van der Waals surface area (Å²) in [6, 6.07) is 7.76. The molecule has 1 atom stereocenters. The minimum Gasteiger partial charge on any atom is -0.490 e. The molecule has 21 heavy (non-hydrogen) atoms. The van der Waals surface area contributed by atoms with E-state index in [4.69, 9.17) is 4.74 Å². The number of hydrogen-bond donors (Lipinski definition) is 1. The summed E-state index contributed by atoms with van der Waals surface area (Å²) in [6.45, 7) is 4.02. The summed E-state index contributed by atoms with van der Waals surface area (Å²) in [5.74, 6) is 1.19. The molecule has 1 aliphatic heterocycles. The number of carbonyl (C=O) groups is 1. The van der Waals surface area contributed by atoms with E-state index in [1.54, 1.807) is 0 Å². The highest BCUT2D eigenvalue weighted by Crippen LogP contribution is 2.36. The summed E-state index contributed by atoms with van der Waals surface area (Å²) in [5, 5.41) is 3.41. The Morgan fingerprint density at radius 2 is 2.10 bits per heavy atom. The third-order valence-corrected chi connectivity index (χ3v) is 4.63. The minimum absolute atomic E-state index is 0.203. The van der Waals surface area contributed by atoms with Crippen LogP contribution < -0.4 is 10.1 Å². The van der Waals surface area contributed by atoms with Crippen molar-refractivity contribution in [1.29, 1.82) is 0 Å². The summed E-state index contributed by atoms with van der Waals surface area (Å²) >= 11 is 0. The summed E-state index contributed by atoms with van der Waals surface area (Å²) in [7, 11) is 0. The average molecular weight is 287 g/mol. The van der Waals surface area contributed by atoms with Crippen LogP contribution in [0, 0.1) is 5.41 Å². The molecule has 114 valence electrons. The Morgan fingerprint density at radius 1 is 1.33 bits per heavy atom. The second kappa shape index (κ2) is 6.18.